The Balaban J connectivity index is 1.40. The lowest BCUT2D eigenvalue weighted by atomic mass is 9.94. The highest BCUT2D eigenvalue weighted by atomic mass is 19.1. The Morgan fingerprint density at radius 2 is 1.73 bits per heavy atom. The topological polar surface area (TPSA) is 94.3 Å². The summed E-state index contributed by atoms with van der Waals surface area (Å²) >= 11 is 0. The molecule has 202 valence electrons. The van der Waals surface area contributed by atoms with Crippen LogP contribution in [0.1, 0.15) is 29.0 Å². The average Bonchev–Trinajstić information content (AvgIpc) is 3.66. The molecule has 3 aromatic carbocycles. The normalized spacial score (nSPS) is 18.9. The van der Waals surface area contributed by atoms with E-state index in [-0.39, 0.29) is 23.3 Å². The first-order chi connectivity index (χ1) is 19.3. The van der Waals surface area contributed by atoms with Gasteiger partial charge in [0.1, 0.15) is 17.3 Å². The molecule has 3 atom stereocenters. The number of nitrogens with zero attached hydrogens (tertiary/aromatic N) is 5. The SMILES string of the molecule is COc1ccc(C2C(NC(=O)c3ccn(C)n3)C(C)C(=O)N2c2ccc3c(cnn3-c3ccc(F)cc3)c2)cc1. The number of amides is 2. The quantitative estimate of drug-likeness (QED) is 0.345. The zero-order valence-corrected chi connectivity index (χ0v) is 22.2. The van der Waals surface area contributed by atoms with Crippen LogP contribution in [0.3, 0.4) is 0 Å². The van der Waals surface area contributed by atoms with E-state index in [4.69, 9.17) is 4.74 Å². The van der Waals surface area contributed by atoms with Gasteiger partial charge in [0.2, 0.25) is 5.91 Å². The number of rotatable bonds is 6. The van der Waals surface area contributed by atoms with Crippen molar-refractivity contribution in [1.29, 1.82) is 0 Å². The lowest BCUT2D eigenvalue weighted by Gasteiger charge is -2.29. The van der Waals surface area contributed by atoms with Crippen molar-refractivity contribution < 1.29 is 18.7 Å². The van der Waals surface area contributed by atoms with Crippen molar-refractivity contribution in [3.8, 4) is 11.4 Å². The number of hydrogen-bond donors (Lipinski definition) is 1. The van der Waals surface area contributed by atoms with E-state index in [0.29, 0.717) is 11.4 Å². The molecule has 2 aromatic heterocycles. The second kappa shape index (κ2) is 9.96. The third kappa shape index (κ3) is 4.37. The molecule has 1 fully saturated rings. The fourth-order valence-electron chi connectivity index (χ4n) is 5.31. The molecular formula is C30H27FN6O3. The van der Waals surface area contributed by atoms with Gasteiger partial charge in [0.25, 0.3) is 5.91 Å². The van der Waals surface area contributed by atoms with Gasteiger partial charge in [0.05, 0.1) is 42.5 Å². The predicted molar refractivity (Wildman–Crippen MR) is 148 cm³/mol. The zero-order chi connectivity index (χ0) is 28.0. The molecule has 5 aromatic rings. The molecule has 0 radical (unpaired) electrons. The number of halogens is 1. The number of aryl methyl sites for hydroxylation is 1. The van der Waals surface area contributed by atoms with Crippen molar-refractivity contribution in [1.82, 2.24) is 24.9 Å². The smallest absolute Gasteiger partial charge is 0.272 e. The Morgan fingerprint density at radius 3 is 2.40 bits per heavy atom. The molecule has 3 unspecified atom stereocenters. The van der Waals surface area contributed by atoms with Gasteiger partial charge in [0.15, 0.2) is 0 Å². The minimum atomic E-state index is -0.520. The second-order valence-corrected chi connectivity index (χ2v) is 9.86. The summed E-state index contributed by atoms with van der Waals surface area (Å²) in [6.45, 7) is 1.83. The Bertz CT molecular complexity index is 1710. The van der Waals surface area contributed by atoms with Gasteiger partial charge in [-0.3, -0.25) is 14.3 Å². The fourth-order valence-corrected chi connectivity index (χ4v) is 5.31. The maximum Gasteiger partial charge on any atom is 0.272 e. The standard InChI is InChI=1S/C30H27FN6O3/c1-18-27(33-29(38)25-14-15-35(2)34-25)28(19-4-11-24(40-3)12-5-19)36(30(18)39)23-10-13-26-20(16-23)17-32-37(26)22-8-6-21(31)7-9-22/h4-18,27-28H,1-3H3,(H,33,38). The van der Waals surface area contributed by atoms with E-state index in [2.05, 4.69) is 15.5 Å². The maximum absolute atomic E-state index is 13.8. The average molecular weight is 539 g/mol. The molecule has 3 heterocycles. The first-order valence-corrected chi connectivity index (χ1v) is 12.9. The molecule has 1 aliphatic rings. The van der Waals surface area contributed by atoms with Crippen molar-refractivity contribution >= 4 is 28.4 Å². The van der Waals surface area contributed by atoms with Gasteiger partial charge < -0.3 is 15.0 Å². The molecule has 1 saturated heterocycles. The molecule has 0 bridgehead atoms. The third-order valence-corrected chi connectivity index (χ3v) is 7.39. The Labute approximate surface area is 229 Å². The lowest BCUT2D eigenvalue weighted by Crippen LogP contribution is -2.42. The first kappa shape index (κ1) is 25.3. The van der Waals surface area contributed by atoms with E-state index in [9.17, 15) is 14.0 Å². The number of carbonyl (C=O) groups is 2. The molecule has 6 rings (SSSR count). The van der Waals surface area contributed by atoms with Crippen LogP contribution in [-0.4, -0.2) is 44.5 Å². The first-order valence-electron chi connectivity index (χ1n) is 12.9. The minimum Gasteiger partial charge on any atom is -0.497 e. The Morgan fingerprint density at radius 1 is 1.00 bits per heavy atom. The van der Waals surface area contributed by atoms with Gasteiger partial charge >= 0.3 is 0 Å². The zero-order valence-electron chi connectivity index (χ0n) is 22.2. The Kier molecular flexibility index (Phi) is 6.30. The highest BCUT2D eigenvalue weighted by Gasteiger charge is 2.48. The van der Waals surface area contributed by atoms with Crippen molar-refractivity contribution in [2.75, 3.05) is 12.0 Å². The highest BCUT2D eigenvalue weighted by Crippen LogP contribution is 2.41. The lowest BCUT2D eigenvalue weighted by molar-refractivity contribution is -0.120. The minimum absolute atomic E-state index is 0.114. The van der Waals surface area contributed by atoms with Crippen molar-refractivity contribution in [2.24, 2.45) is 13.0 Å². The van der Waals surface area contributed by atoms with Crippen LogP contribution in [0, 0.1) is 11.7 Å². The highest BCUT2D eigenvalue weighted by molar-refractivity contribution is 6.02. The molecule has 0 saturated carbocycles. The summed E-state index contributed by atoms with van der Waals surface area (Å²) in [4.78, 5) is 28.7. The van der Waals surface area contributed by atoms with E-state index < -0.39 is 18.0 Å². The second-order valence-electron chi connectivity index (χ2n) is 9.86. The summed E-state index contributed by atoms with van der Waals surface area (Å²) in [5.74, 6) is -0.591. The Hall–Kier alpha value is -4.99. The summed E-state index contributed by atoms with van der Waals surface area (Å²) in [7, 11) is 3.34. The molecule has 10 heteroatoms. The van der Waals surface area contributed by atoms with Gasteiger partial charge in [-0.1, -0.05) is 19.1 Å². The molecule has 1 aliphatic heterocycles. The number of fused-ring (bicyclic) bond motifs is 1. The van der Waals surface area contributed by atoms with Crippen LogP contribution < -0.4 is 15.0 Å². The summed E-state index contributed by atoms with van der Waals surface area (Å²) in [5.41, 5.74) is 3.36. The van der Waals surface area contributed by atoms with E-state index in [0.717, 1.165) is 22.2 Å². The van der Waals surface area contributed by atoms with Crippen LogP contribution in [-0.2, 0) is 11.8 Å². The maximum atomic E-state index is 13.8. The van der Waals surface area contributed by atoms with E-state index in [1.165, 1.54) is 12.1 Å². The number of carbonyl (C=O) groups excluding carboxylic acids is 2. The summed E-state index contributed by atoms with van der Waals surface area (Å²) in [6, 6.07) is 19.9. The molecular weight excluding hydrogens is 511 g/mol. The number of anilines is 1. The molecule has 0 aliphatic carbocycles. The van der Waals surface area contributed by atoms with E-state index in [1.54, 1.807) is 59.0 Å². The molecule has 1 N–H and O–H groups in total. The van der Waals surface area contributed by atoms with Crippen LogP contribution in [0.15, 0.2) is 85.2 Å². The van der Waals surface area contributed by atoms with Crippen LogP contribution in [0.2, 0.25) is 0 Å². The van der Waals surface area contributed by atoms with Gasteiger partial charge in [-0.05, 0) is 66.2 Å². The van der Waals surface area contributed by atoms with Gasteiger partial charge in [-0.25, -0.2) is 9.07 Å². The van der Waals surface area contributed by atoms with E-state index >= 15 is 0 Å². The van der Waals surface area contributed by atoms with Crippen LogP contribution in [0.5, 0.6) is 5.75 Å². The van der Waals surface area contributed by atoms with Crippen LogP contribution in [0.4, 0.5) is 10.1 Å². The van der Waals surface area contributed by atoms with Crippen molar-refractivity contribution in [2.45, 2.75) is 19.0 Å². The summed E-state index contributed by atoms with van der Waals surface area (Å²) < 4.78 is 22.1. The fraction of sp³-hybridized carbons (Fsp3) is 0.200. The van der Waals surface area contributed by atoms with Crippen molar-refractivity contribution in [3.05, 3.63) is 102 Å². The number of ether oxygens (including phenoxy) is 1. The monoisotopic (exact) mass is 538 g/mol. The molecule has 9 nitrogen and oxygen atoms in total. The summed E-state index contributed by atoms with van der Waals surface area (Å²) in [6.07, 6.45) is 3.42. The van der Waals surface area contributed by atoms with Gasteiger partial charge in [-0.2, -0.15) is 10.2 Å². The molecule has 2 amide bonds. The van der Waals surface area contributed by atoms with Gasteiger partial charge in [-0.15, -0.1) is 0 Å². The number of aromatic nitrogens is 4. The predicted octanol–water partition coefficient (Wildman–Crippen LogP) is 4.43. The number of methoxy groups -OCH3 is 1. The molecule has 0 spiro atoms. The number of nitrogens with one attached hydrogen (secondary N) is 1. The largest absolute Gasteiger partial charge is 0.497 e. The van der Waals surface area contributed by atoms with E-state index in [1.807, 2.05) is 49.4 Å². The number of hydrogen-bond acceptors (Lipinski definition) is 5. The number of benzene rings is 3. The summed E-state index contributed by atoms with van der Waals surface area (Å²) in [5, 5.41) is 12.6. The van der Waals surface area contributed by atoms with Crippen molar-refractivity contribution in [3.63, 3.8) is 0 Å². The molecule has 40 heavy (non-hydrogen) atoms. The van der Waals surface area contributed by atoms with Crippen LogP contribution in [0.25, 0.3) is 16.6 Å². The van der Waals surface area contributed by atoms with Gasteiger partial charge in [0, 0.05) is 24.3 Å². The van der Waals surface area contributed by atoms with Crippen LogP contribution >= 0.6 is 0 Å². The third-order valence-electron chi connectivity index (χ3n) is 7.39.